The first kappa shape index (κ1) is 5.30. The highest BCUT2D eigenvalue weighted by atomic mass is 32.2. The Labute approximate surface area is 55.7 Å². The van der Waals surface area contributed by atoms with Crippen LogP contribution in [0.5, 0.6) is 0 Å². The van der Waals surface area contributed by atoms with Gasteiger partial charge in [-0.3, -0.25) is 4.21 Å². The summed E-state index contributed by atoms with van der Waals surface area (Å²) in [7, 11) is -0.393. The van der Waals surface area contributed by atoms with Gasteiger partial charge in [0.2, 0.25) is 0 Å². The zero-order valence-electron chi connectivity index (χ0n) is 4.50. The Morgan fingerprint density at radius 1 is 1.75 bits per heavy atom. The van der Waals surface area contributed by atoms with E-state index < -0.39 is 10.8 Å². The number of rotatable bonds is 2. The molecule has 0 N–H and O–H groups in total. The summed E-state index contributed by atoms with van der Waals surface area (Å²) in [4.78, 5) is 0. The van der Waals surface area contributed by atoms with E-state index in [2.05, 4.69) is 0 Å². The van der Waals surface area contributed by atoms with Crippen LogP contribution in [0.25, 0.3) is 0 Å². The zero-order chi connectivity index (χ0) is 5.56. The van der Waals surface area contributed by atoms with E-state index in [1.165, 1.54) is 12.2 Å². The van der Waals surface area contributed by atoms with Crippen LogP contribution in [-0.4, -0.2) is 26.2 Å². The molecule has 0 aliphatic carbocycles. The van der Waals surface area contributed by atoms with Gasteiger partial charge < -0.3 is 0 Å². The van der Waals surface area contributed by atoms with E-state index in [1.54, 1.807) is 0 Å². The van der Waals surface area contributed by atoms with Crippen molar-refractivity contribution in [2.45, 2.75) is 16.9 Å². The number of thioether (sulfide) groups is 1. The summed E-state index contributed by atoms with van der Waals surface area (Å²) in [5.41, 5.74) is 0. The van der Waals surface area contributed by atoms with E-state index in [-0.39, 0.29) is 0 Å². The van der Waals surface area contributed by atoms with Crippen LogP contribution in [0.15, 0.2) is 0 Å². The predicted molar refractivity (Wildman–Crippen MR) is 37.7 cm³/mol. The van der Waals surface area contributed by atoms with E-state index in [9.17, 15) is 4.21 Å². The van der Waals surface area contributed by atoms with Gasteiger partial charge in [0.05, 0.1) is 0 Å². The molecule has 2 saturated heterocycles. The second kappa shape index (κ2) is 1.74. The molecule has 0 aromatic heterocycles. The molecule has 2 rings (SSSR count). The third-order valence-corrected chi connectivity index (χ3v) is 3.94. The smallest absolute Gasteiger partial charge is 0.0474 e. The van der Waals surface area contributed by atoms with E-state index in [4.69, 9.17) is 0 Å². The maximum absolute atomic E-state index is 10.6. The normalized spacial score (nSPS) is 51.2. The molecule has 3 heteroatoms. The van der Waals surface area contributed by atoms with Gasteiger partial charge in [0.25, 0.3) is 0 Å². The molecule has 0 aromatic carbocycles. The van der Waals surface area contributed by atoms with Crippen LogP contribution >= 0.6 is 11.8 Å². The minimum atomic E-state index is -0.393. The molecule has 1 nitrogen and oxygen atoms in total. The summed E-state index contributed by atoms with van der Waals surface area (Å²) in [6.45, 7) is 0. The molecule has 2 aliphatic rings. The van der Waals surface area contributed by atoms with E-state index in [1.807, 2.05) is 11.8 Å². The molecule has 8 heavy (non-hydrogen) atoms. The molecule has 0 saturated carbocycles. The molecule has 46 valence electrons. The summed E-state index contributed by atoms with van der Waals surface area (Å²) >= 11 is 2.00. The maximum Gasteiger partial charge on any atom is 0.0474 e. The fourth-order valence-electron chi connectivity index (χ4n) is 0.817. The Morgan fingerprint density at radius 3 is 2.75 bits per heavy atom. The second-order valence-corrected chi connectivity index (χ2v) is 5.46. The van der Waals surface area contributed by atoms with Crippen LogP contribution in [-0.2, 0) is 10.8 Å². The lowest BCUT2D eigenvalue weighted by Gasteiger charge is -1.82. The van der Waals surface area contributed by atoms with Crippen molar-refractivity contribution in [1.29, 1.82) is 0 Å². The molecule has 0 amide bonds. The van der Waals surface area contributed by atoms with Crippen molar-refractivity contribution in [3.63, 3.8) is 0 Å². The molecule has 0 spiro atoms. The van der Waals surface area contributed by atoms with E-state index in [0.717, 1.165) is 11.0 Å². The highest BCUT2D eigenvalue weighted by Crippen LogP contribution is 2.38. The lowest BCUT2D eigenvalue weighted by Crippen LogP contribution is -1.90. The average Bonchev–Trinajstić information content (AvgIpc) is 2.52. The van der Waals surface area contributed by atoms with Gasteiger partial charge in [-0.1, -0.05) is 0 Å². The van der Waals surface area contributed by atoms with Crippen molar-refractivity contribution in [1.82, 2.24) is 0 Å². The van der Waals surface area contributed by atoms with Gasteiger partial charge in [0.15, 0.2) is 0 Å². The average molecular weight is 148 g/mol. The first-order valence-electron chi connectivity index (χ1n) is 2.85. The molecular formula is C5H8OS2. The van der Waals surface area contributed by atoms with Gasteiger partial charge in [0.1, 0.15) is 0 Å². The monoisotopic (exact) mass is 148 g/mol. The minimum absolute atomic E-state index is 0.393. The lowest BCUT2D eigenvalue weighted by molar-refractivity contribution is 0.691. The van der Waals surface area contributed by atoms with Gasteiger partial charge in [-0.25, -0.2) is 0 Å². The third kappa shape index (κ3) is 1.08. The quantitative estimate of drug-likeness (QED) is 0.534. The minimum Gasteiger partial charge on any atom is -0.259 e. The molecule has 3 unspecified atom stereocenters. The fourth-order valence-corrected chi connectivity index (χ4v) is 2.62. The lowest BCUT2D eigenvalue weighted by atomic mass is 10.3. The Hall–Kier alpha value is 0.500. The van der Waals surface area contributed by atoms with Crippen LogP contribution in [0, 0.1) is 0 Å². The summed E-state index contributed by atoms with van der Waals surface area (Å²) in [5, 5.41) is 1.50. The fraction of sp³-hybridized carbons (Fsp3) is 1.00. The first-order valence-corrected chi connectivity index (χ1v) is 5.28. The second-order valence-electron chi connectivity index (χ2n) is 2.36. The standard InChI is InChI=1S/C5H8OS2/c6-8-3-5(8)1-4-2-7-4/h4-5H,1-3H2. The van der Waals surface area contributed by atoms with Gasteiger partial charge >= 0.3 is 0 Å². The van der Waals surface area contributed by atoms with E-state index in [0.29, 0.717) is 5.25 Å². The highest BCUT2D eigenvalue weighted by Gasteiger charge is 2.38. The molecule has 2 heterocycles. The topological polar surface area (TPSA) is 17.1 Å². The molecule has 0 radical (unpaired) electrons. The zero-order valence-corrected chi connectivity index (χ0v) is 6.13. The van der Waals surface area contributed by atoms with Crippen molar-refractivity contribution in [2.75, 3.05) is 11.5 Å². The third-order valence-electron chi connectivity index (χ3n) is 1.53. The summed E-state index contributed by atoms with van der Waals surface area (Å²) in [6.07, 6.45) is 1.23. The molecule has 0 aromatic rings. The SMILES string of the molecule is O=S1CC1CC1CS1. The summed E-state index contributed by atoms with van der Waals surface area (Å²) in [5.74, 6) is 2.32. The van der Waals surface area contributed by atoms with Crippen molar-refractivity contribution in [3.05, 3.63) is 0 Å². The Morgan fingerprint density at radius 2 is 2.38 bits per heavy atom. The molecule has 2 fully saturated rings. The van der Waals surface area contributed by atoms with Gasteiger partial charge in [-0.2, -0.15) is 11.8 Å². The molecule has 3 atom stereocenters. The van der Waals surface area contributed by atoms with Gasteiger partial charge in [-0.15, -0.1) is 0 Å². The van der Waals surface area contributed by atoms with E-state index >= 15 is 0 Å². The number of hydrogen-bond acceptors (Lipinski definition) is 2. The Bertz CT molecular complexity index is 130. The number of hydrogen-bond donors (Lipinski definition) is 0. The van der Waals surface area contributed by atoms with Crippen molar-refractivity contribution in [2.24, 2.45) is 0 Å². The summed E-state index contributed by atoms with van der Waals surface area (Å²) in [6, 6.07) is 0. The van der Waals surface area contributed by atoms with Crippen LogP contribution in [0.1, 0.15) is 6.42 Å². The Balaban J connectivity index is 1.76. The first-order chi connectivity index (χ1) is 3.86. The van der Waals surface area contributed by atoms with Crippen molar-refractivity contribution < 1.29 is 4.21 Å². The van der Waals surface area contributed by atoms with Crippen LogP contribution in [0.2, 0.25) is 0 Å². The highest BCUT2D eigenvalue weighted by molar-refractivity contribution is 8.07. The predicted octanol–water partition coefficient (Wildman–Crippen LogP) is 0.623. The van der Waals surface area contributed by atoms with Crippen LogP contribution in [0.4, 0.5) is 0 Å². The van der Waals surface area contributed by atoms with Gasteiger partial charge in [-0.05, 0) is 6.42 Å². The Kier molecular flexibility index (Phi) is 1.15. The largest absolute Gasteiger partial charge is 0.259 e. The summed E-state index contributed by atoms with van der Waals surface area (Å²) < 4.78 is 10.6. The van der Waals surface area contributed by atoms with Gasteiger partial charge in [0, 0.05) is 32.8 Å². The molecular weight excluding hydrogens is 140 g/mol. The maximum atomic E-state index is 10.6. The van der Waals surface area contributed by atoms with Crippen molar-refractivity contribution >= 4 is 22.6 Å². The van der Waals surface area contributed by atoms with Crippen molar-refractivity contribution in [3.8, 4) is 0 Å². The van der Waals surface area contributed by atoms with Crippen LogP contribution < -0.4 is 0 Å². The molecule has 2 aliphatic heterocycles. The molecule has 0 bridgehead atoms. The van der Waals surface area contributed by atoms with Crippen LogP contribution in [0.3, 0.4) is 0 Å².